The van der Waals surface area contributed by atoms with Crippen LogP contribution in [0, 0.1) is 0 Å². The lowest BCUT2D eigenvalue weighted by molar-refractivity contribution is -0.154. The number of alkyl halides is 3. The highest BCUT2D eigenvalue weighted by atomic mass is 35.5. The van der Waals surface area contributed by atoms with Crippen LogP contribution in [0.2, 0.25) is 5.02 Å². The molecule has 1 aromatic heterocycles. The van der Waals surface area contributed by atoms with E-state index in [0.29, 0.717) is 0 Å². The molecule has 0 saturated carbocycles. The van der Waals surface area contributed by atoms with Crippen molar-refractivity contribution in [2.24, 2.45) is 0 Å². The van der Waals surface area contributed by atoms with Crippen molar-refractivity contribution in [1.29, 1.82) is 0 Å². The summed E-state index contributed by atoms with van der Waals surface area (Å²) in [4.78, 5) is 3.38. The van der Waals surface area contributed by atoms with Gasteiger partial charge in [-0.3, -0.25) is 0 Å². The van der Waals surface area contributed by atoms with Crippen LogP contribution in [0.15, 0.2) is 12.3 Å². The summed E-state index contributed by atoms with van der Waals surface area (Å²) in [5.41, 5.74) is 0. The summed E-state index contributed by atoms with van der Waals surface area (Å²) in [6.07, 6.45) is -3.50. The molecule has 0 amide bonds. The molecule has 0 aromatic carbocycles. The van der Waals surface area contributed by atoms with Crippen LogP contribution in [0.1, 0.15) is 0 Å². The van der Waals surface area contributed by atoms with Crippen LogP contribution in [0.25, 0.3) is 0 Å². The van der Waals surface area contributed by atoms with E-state index in [0.717, 1.165) is 12.3 Å². The quantitative estimate of drug-likeness (QED) is 0.844. The SMILES string of the molecule is Oc1cnc(OCC(F)(F)F)c(Cl)c1. The summed E-state index contributed by atoms with van der Waals surface area (Å²) in [6, 6.07) is 1.04. The predicted octanol–water partition coefficient (Wildman–Crippen LogP) is 2.38. The van der Waals surface area contributed by atoms with Crippen molar-refractivity contribution in [2.45, 2.75) is 6.18 Å². The monoisotopic (exact) mass is 227 g/mol. The van der Waals surface area contributed by atoms with Crippen LogP contribution in [-0.4, -0.2) is 22.9 Å². The summed E-state index contributed by atoms with van der Waals surface area (Å²) in [5.74, 6) is -0.601. The first-order chi connectivity index (χ1) is 6.38. The molecule has 7 heteroatoms. The van der Waals surface area contributed by atoms with Gasteiger partial charge in [0.2, 0.25) is 5.88 Å². The Kier molecular flexibility index (Phi) is 3.05. The van der Waals surface area contributed by atoms with E-state index in [-0.39, 0.29) is 16.7 Å². The normalized spacial score (nSPS) is 11.4. The number of nitrogens with zero attached hydrogens (tertiary/aromatic N) is 1. The molecule has 0 spiro atoms. The van der Waals surface area contributed by atoms with Gasteiger partial charge in [0.1, 0.15) is 10.8 Å². The van der Waals surface area contributed by atoms with E-state index in [1.807, 2.05) is 0 Å². The molecule has 14 heavy (non-hydrogen) atoms. The van der Waals surface area contributed by atoms with Gasteiger partial charge in [0, 0.05) is 6.07 Å². The molecular formula is C7H5ClF3NO2. The Bertz CT molecular complexity index is 329. The van der Waals surface area contributed by atoms with Gasteiger partial charge in [0.25, 0.3) is 0 Å². The van der Waals surface area contributed by atoms with Gasteiger partial charge in [-0.2, -0.15) is 13.2 Å². The van der Waals surface area contributed by atoms with E-state index in [9.17, 15) is 13.2 Å². The minimum atomic E-state index is -4.44. The van der Waals surface area contributed by atoms with Gasteiger partial charge in [0.15, 0.2) is 6.61 Å². The molecule has 1 N–H and O–H groups in total. The fraction of sp³-hybridized carbons (Fsp3) is 0.286. The van der Waals surface area contributed by atoms with Crippen LogP contribution in [0.4, 0.5) is 13.2 Å². The van der Waals surface area contributed by atoms with Crippen molar-refractivity contribution < 1.29 is 23.0 Å². The fourth-order valence-corrected chi connectivity index (χ4v) is 0.887. The maximum Gasteiger partial charge on any atom is 0.422 e. The predicted molar refractivity (Wildman–Crippen MR) is 42.5 cm³/mol. The number of pyridine rings is 1. The molecule has 0 fully saturated rings. The summed E-state index contributed by atoms with van der Waals surface area (Å²) in [7, 11) is 0. The van der Waals surface area contributed by atoms with Crippen LogP contribution in [0.5, 0.6) is 11.6 Å². The van der Waals surface area contributed by atoms with Gasteiger partial charge < -0.3 is 9.84 Å². The summed E-state index contributed by atoms with van der Waals surface area (Å²) >= 11 is 5.44. The van der Waals surface area contributed by atoms with Gasteiger partial charge in [-0.05, 0) is 0 Å². The highest BCUT2D eigenvalue weighted by Crippen LogP contribution is 2.26. The second-order valence-electron chi connectivity index (χ2n) is 2.38. The number of hydrogen-bond donors (Lipinski definition) is 1. The van der Waals surface area contributed by atoms with Gasteiger partial charge in [-0.15, -0.1) is 0 Å². The molecule has 1 aromatic rings. The van der Waals surface area contributed by atoms with Gasteiger partial charge in [-0.1, -0.05) is 11.6 Å². The molecule has 0 atom stereocenters. The van der Waals surface area contributed by atoms with E-state index in [2.05, 4.69) is 9.72 Å². The third kappa shape index (κ3) is 3.29. The number of rotatable bonds is 2. The number of aromatic nitrogens is 1. The fourth-order valence-electron chi connectivity index (χ4n) is 0.672. The average Bonchev–Trinajstić information content (AvgIpc) is 2.00. The highest BCUT2D eigenvalue weighted by Gasteiger charge is 2.29. The Morgan fingerprint density at radius 3 is 2.64 bits per heavy atom. The second-order valence-corrected chi connectivity index (χ2v) is 2.79. The van der Waals surface area contributed by atoms with Crippen molar-refractivity contribution in [1.82, 2.24) is 4.98 Å². The first-order valence-corrected chi connectivity index (χ1v) is 3.80. The van der Waals surface area contributed by atoms with E-state index in [1.54, 1.807) is 0 Å². The molecule has 0 unspecified atom stereocenters. The lowest BCUT2D eigenvalue weighted by Crippen LogP contribution is -2.19. The minimum Gasteiger partial charge on any atom is -0.506 e. The largest absolute Gasteiger partial charge is 0.506 e. The zero-order chi connectivity index (χ0) is 10.8. The maximum absolute atomic E-state index is 11.7. The number of ether oxygens (including phenoxy) is 1. The standard InChI is InChI=1S/C7H5ClF3NO2/c8-5-1-4(13)2-12-6(5)14-3-7(9,10)11/h1-2,13H,3H2. The molecule has 1 heterocycles. The van der Waals surface area contributed by atoms with Gasteiger partial charge in [0.05, 0.1) is 6.20 Å². The molecule has 1 rings (SSSR count). The molecule has 0 aliphatic carbocycles. The Morgan fingerprint density at radius 2 is 2.14 bits per heavy atom. The topological polar surface area (TPSA) is 42.4 Å². The van der Waals surface area contributed by atoms with E-state index in [1.165, 1.54) is 0 Å². The van der Waals surface area contributed by atoms with Crippen LogP contribution >= 0.6 is 11.6 Å². The lowest BCUT2D eigenvalue weighted by Gasteiger charge is -2.08. The van der Waals surface area contributed by atoms with E-state index in [4.69, 9.17) is 16.7 Å². The summed E-state index contributed by atoms with van der Waals surface area (Å²) in [5, 5.41) is 8.67. The highest BCUT2D eigenvalue weighted by molar-refractivity contribution is 6.31. The summed E-state index contributed by atoms with van der Waals surface area (Å²) < 4.78 is 39.4. The first-order valence-electron chi connectivity index (χ1n) is 3.42. The smallest absolute Gasteiger partial charge is 0.422 e. The number of aromatic hydroxyl groups is 1. The van der Waals surface area contributed by atoms with E-state index < -0.39 is 12.8 Å². The van der Waals surface area contributed by atoms with Crippen molar-refractivity contribution >= 4 is 11.6 Å². The van der Waals surface area contributed by atoms with Gasteiger partial charge in [-0.25, -0.2) is 4.98 Å². The lowest BCUT2D eigenvalue weighted by atomic mass is 10.4. The molecule has 0 radical (unpaired) electrons. The number of halogens is 4. The van der Waals surface area contributed by atoms with Crippen LogP contribution in [0.3, 0.4) is 0 Å². The minimum absolute atomic E-state index is 0.172. The van der Waals surface area contributed by atoms with Crippen LogP contribution in [-0.2, 0) is 0 Å². The Hall–Kier alpha value is -1.17. The molecule has 0 aliphatic rings. The molecule has 78 valence electrons. The maximum atomic E-state index is 11.7. The van der Waals surface area contributed by atoms with Gasteiger partial charge >= 0.3 is 6.18 Å². The van der Waals surface area contributed by atoms with Crippen molar-refractivity contribution in [3.63, 3.8) is 0 Å². The Balaban J connectivity index is 2.68. The zero-order valence-electron chi connectivity index (χ0n) is 6.68. The summed E-state index contributed by atoms with van der Waals surface area (Å²) in [6.45, 7) is -1.47. The van der Waals surface area contributed by atoms with Crippen LogP contribution < -0.4 is 4.74 Å². The van der Waals surface area contributed by atoms with Crippen molar-refractivity contribution in [3.05, 3.63) is 17.3 Å². The second kappa shape index (κ2) is 3.91. The molecule has 0 bridgehead atoms. The third-order valence-corrected chi connectivity index (χ3v) is 1.44. The zero-order valence-corrected chi connectivity index (χ0v) is 7.43. The van der Waals surface area contributed by atoms with Crippen molar-refractivity contribution in [2.75, 3.05) is 6.61 Å². The molecule has 0 saturated heterocycles. The average molecular weight is 228 g/mol. The Morgan fingerprint density at radius 1 is 1.50 bits per heavy atom. The molecule has 0 aliphatic heterocycles. The molecular weight excluding hydrogens is 223 g/mol. The van der Waals surface area contributed by atoms with Crippen molar-refractivity contribution in [3.8, 4) is 11.6 Å². The Labute approximate surface area is 82.1 Å². The molecule has 3 nitrogen and oxygen atoms in total. The third-order valence-electron chi connectivity index (χ3n) is 1.17. The first kappa shape index (κ1) is 10.9. The number of hydrogen-bond acceptors (Lipinski definition) is 3. The van der Waals surface area contributed by atoms with E-state index >= 15 is 0 Å².